The van der Waals surface area contributed by atoms with E-state index in [1.165, 1.54) is 10.9 Å². The Morgan fingerprint density at radius 2 is 1.92 bits per heavy atom. The minimum atomic E-state index is -0.0705. The van der Waals surface area contributed by atoms with Crippen LogP contribution in [0.25, 0.3) is 33.4 Å². The fraction of sp³-hybridized carbons (Fsp3) is 0.150. The highest BCUT2D eigenvalue weighted by atomic mass is 16.2. The van der Waals surface area contributed by atoms with Crippen LogP contribution in [-0.2, 0) is 13.6 Å². The van der Waals surface area contributed by atoms with Crippen molar-refractivity contribution in [2.45, 2.75) is 6.54 Å². The van der Waals surface area contributed by atoms with E-state index < -0.39 is 0 Å². The van der Waals surface area contributed by atoms with E-state index in [-0.39, 0.29) is 5.91 Å². The van der Waals surface area contributed by atoms with Gasteiger partial charge in [-0.15, -0.1) is 0 Å². The number of pyridine rings is 1. The van der Waals surface area contributed by atoms with Crippen molar-refractivity contribution >= 4 is 16.8 Å². The minimum absolute atomic E-state index is 0.0705. The van der Waals surface area contributed by atoms with Crippen LogP contribution in [0.5, 0.6) is 0 Å². The number of carbonyl (C=O) groups excluding carboxylic acids is 1. The maximum atomic E-state index is 12.0. The van der Waals surface area contributed by atoms with E-state index >= 15 is 0 Å². The molecule has 0 atom stereocenters. The average Bonchev–Trinajstić information content (AvgIpc) is 3.27. The number of aryl methyl sites for hydroxylation is 1. The first-order valence-electron chi connectivity index (χ1n) is 8.57. The number of fused-ring (bicyclic) bond motifs is 2. The topological polar surface area (TPSA) is 64.7 Å². The molecule has 0 spiro atoms. The van der Waals surface area contributed by atoms with Gasteiger partial charge in [-0.25, -0.2) is 0 Å². The van der Waals surface area contributed by atoms with Crippen LogP contribution in [0.4, 0.5) is 0 Å². The summed E-state index contributed by atoms with van der Waals surface area (Å²) in [6.07, 6.45) is 3.84. The Morgan fingerprint density at radius 3 is 2.81 bits per heavy atom. The molecule has 1 aliphatic heterocycles. The fourth-order valence-corrected chi connectivity index (χ4v) is 3.47. The van der Waals surface area contributed by atoms with Crippen molar-refractivity contribution in [3.8, 4) is 22.5 Å². The summed E-state index contributed by atoms with van der Waals surface area (Å²) < 4.78 is 3.87. The van der Waals surface area contributed by atoms with Gasteiger partial charge in [0.05, 0.1) is 17.9 Å². The first-order chi connectivity index (χ1) is 12.7. The lowest BCUT2D eigenvalue weighted by atomic mass is 10.1. The third-order valence-electron chi connectivity index (χ3n) is 4.86. The van der Waals surface area contributed by atoms with Gasteiger partial charge in [0.15, 0.2) is 0 Å². The Bertz CT molecular complexity index is 1150. The molecule has 0 saturated heterocycles. The number of hydrogen-bond donors (Lipinski definition) is 1. The number of nitrogens with one attached hydrogen (secondary N) is 1. The predicted octanol–water partition coefficient (Wildman–Crippen LogP) is 2.85. The molecule has 1 N–H and O–H groups in total. The molecule has 0 aliphatic carbocycles. The van der Waals surface area contributed by atoms with Gasteiger partial charge >= 0.3 is 0 Å². The van der Waals surface area contributed by atoms with Crippen molar-refractivity contribution in [3.63, 3.8) is 0 Å². The van der Waals surface area contributed by atoms with Crippen molar-refractivity contribution in [3.05, 3.63) is 60.6 Å². The zero-order valence-corrected chi connectivity index (χ0v) is 14.3. The summed E-state index contributed by atoms with van der Waals surface area (Å²) in [5.74, 6) is -0.0705. The minimum Gasteiger partial charge on any atom is -0.351 e. The highest BCUT2D eigenvalue weighted by Crippen LogP contribution is 2.27. The van der Waals surface area contributed by atoms with Crippen LogP contribution in [0, 0.1) is 0 Å². The third kappa shape index (κ3) is 2.30. The Morgan fingerprint density at radius 1 is 1.04 bits per heavy atom. The summed E-state index contributed by atoms with van der Waals surface area (Å²) in [6, 6.07) is 14.2. The number of benzene rings is 1. The van der Waals surface area contributed by atoms with E-state index in [2.05, 4.69) is 50.4 Å². The number of aromatic nitrogens is 4. The maximum Gasteiger partial charge on any atom is 0.269 e. The summed E-state index contributed by atoms with van der Waals surface area (Å²) in [4.78, 5) is 16.5. The Hall–Kier alpha value is -3.41. The summed E-state index contributed by atoms with van der Waals surface area (Å²) in [7, 11) is 2.04. The maximum absolute atomic E-state index is 12.0. The summed E-state index contributed by atoms with van der Waals surface area (Å²) in [5.41, 5.74) is 5.50. The molecule has 128 valence electrons. The van der Waals surface area contributed by atoms with E-state index in [4.69, 9.17) is 0 Å². The zero-order chi connectivity index (χ0) is 17.7. The molecular weight excluding hydrogens is 326 g/mol. The van der Waals surface area contributed by atoms with E-state index in [9.17, 15) is 4.79 Å². The predicted molar refractivity (Wildman–Crippen MR) is 99.7 cm³/mol. The lowest BCUT2D eigenvalue weighted by molar-refractivity contribution is 0.0924. The number of rotatable bonds is 2. The zero-order valence-electron chi connectivity index (χ0n) is 14.3. The molecule has 4 heterocycles. The van der Waals surface area contributed by atoms with Crippen LogP contribution in [0.1, 0.15) is 10.5 Å². The van der Waals surface area contributed by atoms with E-state index in [1.807, 2.05) is 25.2 Å². The SMILES string of the molecule is Cn1ccc2cc(-c3cc(-c4cc5n(n4)CCNC5=O)ccn3)ccc21. The van der Waals surface area contributed by atoms with Crippen LogP contribution in [-0.4, -0.2) is 31.8 Å². The number of hydrogen-bond acceptors (Lipinski definition) is 3. The van der Waals surface area contributed by atoms with Gasteiger partial charge in [0.2, 0.25) is 0 Å². The fourth-order valence-electron chi connectivity index (χ4n) is 3.47. The van der Waals surface area contributed by atoms with Gasteiger partial charge in [-0.05, 0) is 36.4 Å². The van der Waals surface area contributed by atoms with Crippen molar-refractivity contribution in [1.29, 1.82) is 0 Å². The molecule has 4 aromatic rings. The van der Waals surface area contributed by atoms with Gasteiger partial charge in [0, 0.05) is 48.0 Å². The number of carbonyl (C=O) groups is 1. The molecule has 26 heavy (non-hydrogen) atoms. The monoisotopic (exact) mass is 343 g/mol. The molecule has 0 fully saturated rings. The molecule has 0 radical (unpaired) electrons. The highest BCUT2D eigenvalue weighted by Gasteiger charge is 2.20. The molecule has 1 aromatic carbocycles. The normalized spacial score (nSPS) is 13.7. The van der Waals surface area contributed by atoms with Crippen LogP contribution >= 0.6 is 0 Å². The Balaban J connectivity index is 1.57. The lowest BCUT2D eigenvalue weighted by Gasteiger charge is -2.13. The van der Waals surface area contributed by atoms with E-state index in [0.717, 1.165) is 22.5 Å². The average molecular weight is 343 g/mol. The van der Waals surface area contributed by atoms with Crippen LogP contribution in [0.15, 0.2) is 54.9 Å². The largest absolute Gasteiger partial charge is 0.351 e. The molecule has 1 aliphatic rings. The first kappa shape index (κ1) is 14.9. The van der Waals surface area contributed by atoms with Crippen LogP contribution in [0.3, 0.4) is 0 Å². The lowest BCUT2D eigenvalue weighted by Crippen LogP contribution is -2.35. The Kier molecular flexibility index (Phi) is 3.18. The number of nitrogens with zero attached hydrogens (tertiary/aromatic N) is 4. The quantitative estimate of drug-likeness (QED) is 0.609. The second kappa shape index (κ2) is 5.56. The van der Waals surface area contributed by atoms with Crippen molar-refractivity contribution in [2.24, 2.45) is 7.05 Å². The van der Waals surface area contributed by atoms with E-state index in [0.29, 0.717) is 18.8 Å². The first-order valence-corrected chi connectivity index (χ1v) is 8.57. The second-order valence-corrected chi connectivity index (χ2v) is 6.52. The Labute approximate surface area is 150 Å². The van der Waals surface area contributed by atoms with Gasteiger partial charge < -0.3 is 9.88 Å². The molecule has 0 unspecified atom stereocenters. The van der Waals surface area contributed by atoms with Crippen LogP contribution < -0.4 is 5.32 Å². The second-order valence-electron chi connectivity index (χ2n) is 6.52. The van der Waals surface area contributed by atoms with Crippen molar-refractivity contribution in [1.82, 2.24) is 24.6 Å². The summed E-state index contributed by atoms with van der Waals surface area (Å²) in [6.45, 7) is 1.31. The van der Waals surface area contributed by atoms with Gasteiger partial charge in [-0.2, -0.15) is 5.10 Å². The molecule has 6 nitrogen and oxygen atoms in total. The summed E-state index contributed by atoms with van der Waals surface area (Å²) in [5, 5.41) is 8.62. The summed E-state index contributed by atoms with van der Waals surface area (Å²) >= 11 is 0. The van der Waals surface area contributed by atoms with Gasteiger partial charge in [-0.3, -0.25) is 14.5 Å². The molecule has 0 bridgehead atoms. The molecule has 3 aromatic heterocycles. The van der Waals surface area contributed by atoms with Crippen molar-refractivity contribution < 1.29 is 4.79 Å². The van der Waals surface area contributed by atoms with Crippen LogP contribution in [0.2, 0.25) is 0 Å². The van der Waals surface area contributed by atoms with Gasteiger partial charge in [0.25, 0.3) is 5.91 Å². The molecule has 0 saturated carbocycles. The van der Waals surface area contributed by atoms with Crippen molar-refractivity contribution in [2.75, 3.05) is 6.54 Å². The molecule has 5 rings (SSSR count). The van der Waals surface area contributed by atoms with Gasteiger partial charge in [-0.1, -0.05) is 6.07 Å². The standard InChI is InChI=1S/C20H17N5O/c1-24-8-5-15-10-13(2-3-18(15)24)16-11-14(4-6-21-16)17-12-19-20(26)22-7-9-25(19)23-17/h2-6,8,10-12H,7,9H2,1H3,(H,22,26). The highest BCUT2D eigenvalue weighted by molar-refractivity contribution is 5.94. The smallest absolute Gasteiger partial charge is 0.269 e. The van der Waals surface area contributed by atoms with Gasteiger partial charge in [0.1, 0.15) is 5.69 Å². The number of amides is 1. The molecule has 6 heteroatoms. The molecular formula is C20H17N5O. The molecule has 1 amide bonds. The van der Waals surface area contributed by atoms with E-state index in [1.54, 1.807) is 10.9 Å². The third-order valence-corrected chi connectivity index (χ3v) is 4.86.